The van der Waals surface area contributed by atoms with Crippen LogP contribution in [-0.2, 0) is 10.0 Å². The third kappa shape index (κ3) is 2.97. The summed E-state index contributed by atoms with van der Waals surface area (Å²) in [6.07, 6.45) is 4.65. The molecule has 0 atom stereocenters. The van der Waals surface area contributed by atoms with Gasteiger partial charge in [0, 0.05) is 6.54 Å². The fourth-order valence-corrected chi connectivity index (χ4v) is 4.62. The zero-order valence-electron chi connectivity index (χ0n) is 9.77. The van der Waals surface area contributed by atoms with E-state index >= 15 is 0 Å². The molecule has 17 heavy (non-hydrogen) atoms. The zero-order chi connectivity index (χ0) is 12.5. The highest BCUT2D eigenvalue weighted by atomic mass is 32.2. The molecule has 0 bridgehead atoms. The van der Waals surface area contributed by atoms with Crippen molar-refractivity contribution in [2.24, 2.45) is 5.92 Å². The molecular weight excluding hydrogens is 258 g/mol. The Bertz CT molecular complexity index is 490. The number of hydrogen-bond acceptors (Lipinski definition) is 5. The van der Waals surface area contributed by atoms with E-state index in [1.165, 1.54) is 12.8 Å². The van der Waals surface area contributed by atoms with Crippen LogP contribution in [0.1, 0.15) is 31.4 Å². The Balaban J connectivity index is 2.05. The van der Waals surface area contributed by atoms with Crippen LogP contribution in [0.2, 0.25) is 0 Å². The van der Waals surface area contributed by atoms with E-state index in [9.17, 15) is 8.42 Å². The molecule has 1 fully saturated rings. The Morgan fingerprint density at radius 3 is 2.65 bits per heavy atom. The number of nitrogens with two attached hydrogens (primary N) is 1. The molecule has 0 unspecified atom stereocenters. The molecule has 1 aromatic heterocycles. The van der Waals surface area contributed by atoms with Gasteiger partial charge < -0.3 is 5.73 Å². The van der Waals surface area contributed by atoms with E-state index in [0.29, 0.717) is 23.3 Å². The van der Waals surface area contributed by atoms with Crippen LogP contribution in [0.3, 0.4) is 0 Å². The van der Waals surface area contributed by atoms with Crippen LogP contribution >= 0.6 is 11.3 Å². The quantitative estimate of drug-likeness (QED) is 0.872. The SMILES string of the molecule is Cc1nc(N)sc1S(=O)(=O)NCC1CCCC1. The molecule has 3 N–H and O–H groups in total. The molecule has 0 amide bonds. The summed E-state index contributed by atoms with van der Waals surface area (Å²) in [6, 6.07) is 0. The van der Waals surface area contributed by atoms with E-state index < -0.39 is 10.0 Å². The number of nitrogens with one attached hydrogen (secondary N) is 1. The van der Waals surface area contributed by atoms with Crippen LogP contribution in [0.4, 0.5) is 5.13 Å². The zero-order valence-corrected chi connectivity index (χ0v) is 11.4. The number of anilines is 1. The lowest BCUT2D eigenvalue weighted by Crippen LogP contribution is -2.28. The molecule has 5 nitrogen and oxygen atoms in total. The third-order valence-corrected chi connectivity index (χ3v) is 6.07. The molecule has 0 aromatic carbocycles. The van der Waals surface area contributed by atoms with Gasteiger partial charge in [-0.2, -0.15) is 0 Å². The van der Waals surface area contributed by atoms with Gasteiger partial charge in [-0.1, -0.05) is 24.2 Å². The summed E-state index contributed by atoms with van der Waals surface area (Å²) in [5.74, 6) is 0.482. The summed E-state index contributed by atoms with van der Waals surface area (Å²) in [7, 11) is -3.43. The van der Waals surface area contributed by atoms with Gasteiger partial charge in [0.1, 0.15) is 0 Å². The first-order chi connectivity index (χ1) is 7.99. The average Bonchev–Trinajstić information content (AvgIpc) is 2.85. The van der Waals surface area contributed by atoms with E-state index in [0.717, 1.165) is 24.2 Å². The maximum absolute atomic E-state index is 12.0. The maximum atomic E-state index is 12.0. The van der Waals surface area contributed by atoms with Crippen molar-refractivity contribution in [1.82, 2.24) is 9.71 Å². The Morgan fingerprint density at radius 2 is 2.12 bits per heavy atom. The highest BCUT2D eigenvalue weighted by Gasteiger charge is 2.23. The van der Waals surface area contributed by atoms with Crippen molar-refractivity contribution in [3.8, 4) is 0 Å². The Kier molecular flexibility index (Phi) is 3.70. The Labute approximate surface area is 105 Å². The summed E-state index contributed by atoms with van der Waals surface area (Å²) >= 11 is 1.02. The molecule has 2 rings (SSSR count). The number of rotatable bonds is 4. The molecule has 0 spiro atoms. The Hall–Kier alpha value is -0.660. The van der Waals surface area contributed by atoms with Crippen molar-refractivity contribution in [3.63, 3.8) is 0 Å². The molecule has 1 aromatic rings. The van der Waals surface area contributed by atoms with E-state index in [1.807, 2.05) is 0 Å². The van der Waals surface area contributed by atoms with Gasteiger partial charge in [-0.25, -0.2) is 18.1 Å². The molecule has 1 heterocycles. The number of sulfonamides is 1. The summed E-state index contributed by atoms with van der Waals surface area (Å²) < 4.78 is 27.0. The predicted octanol–water partition coefficient (Wildman–Crippen LogP) is 1.50. The number of nitrogens with zero attached hydrogens (tertiary/aromatic N) is 1. The summed E-state index contributed by atoms with van der Waals surface area (Å²) in [5.41, 5.74) is 5.99. The van der Waals surface area contributed by atoms with Crippen LogP contribution in [0.25, 0.3) is 0 Å². The minimum Gasteiger partial charge on any atom is -0.375 e. The van der Waals surface area contributed by atoms with E-state index in [2.05, 4.69) is 9.71 Å². The lowest BCUT2D eigenvalue weighted by molar-refractivity contribution is 0.520. The van der Waals surface area contributed by atoms with Crippen molar-refractivity contribution >= 4 is 26.5 Å². The molecule has 1 aliphatic carbocycles. The summed E-state index contributed by atoms with van der Waals surface area (Å²) in [4.78, 5) is 3.93. The molecule has 0 aliphatic heterocycles. The number of aromatic nitrogens is 1. The van der Waals surface area contributed by atoms with Crippen molar-refractivity contribution < 1.29 is 8.42 Å². The molecule has 7 heteroatoms. The number of nitrogen functional groups attached to an aromatic ring is 1. The molecule has 1 aliphatic rings. The van der Waals surface area contributed by atoms with Gasteiger partial charge in [0.2, 0.25) is 0 Å². The molecule has 1 saturated carbocycles. The molecular formula is C10H17N3O2S2. The van der Waals surface area contributed by atoms with Gasteiger partial charge in [0.15, 0.2) is 9.34 Å². The second kappa shape index (κ2) is 4.91. The van der Waals surface area contributed by atoms with Crippen LogP contribution in [0.15, 0.2) is 4.21 Å². The van der Waals surface area contributed by atoms with Crippen LogP contribution in [0, 0.1) is 12.8 Å². The lowest BCUT2D eigenvalue weighted by Gasteiger charge is -2.10. The summed E-state index contributed by atoms with van der Waals surface area (Å²) in [6.45, 7) is 2.19. The van der Waals surface area contributed by atoms with E-state index in [-0.39, 0.29) is 4.21 Å². The first-order valence-corrected chi connectivity index (χ1v) is 8.01. The van der Waals surface area contributed by atoms with Gasteiger partial charge in [0.25, 0.3) is 10.0 Å². The van der Waals surface area contributed by atoms with Gasteiger partial charge in [0.05, 0.1) is 5.69 Å². The normalized spacial score (nSPS) is 17.7. The highest BCUT2D eigenvalue weighted by molar-refractivity contribution is 7.91. The fourth-order valence-electron chi connectivity index (χ4n) is 2.16. The maximum Gasteiger partial charge on any atom is 0.252 e. The lowest BCUT2D eigenvalue weighted by atomic mass is 10.1. The van der Waals surface area contributed by atoms with Crippen LogP contribution in [0.5, 0.6) is 0 Å². The highest BCUT2D eigenvalue weighted by Crippen LogP contribution is 2.27. The first kappa shape index (κ1) is 12.8. The molecule has 0 saturated heterocycles. The van der Waals surface area contributed by atoms with E-state index in [1.54, 1.807) is 6.92 Å². The van der Waals surface area contributed by atoms with Gasteiger partial charge in [-0.05, 0) is 25.7 Å². The van der Waals surface area contributed by atoms with Crippen molar-refractivity contribution in [1.29, 1.82) is 0 Å². The smallest absolute Gasteiger partial charge is 0.252 e. The van der Waals surface area contributed by atoms with Gasteiger partial charge in [-0.15, -0.1) is 0 Å². The van der Waals surface area contributed by atoms with Crippen molar-refractivity contribution in [2.45, 2.75) is 36.8 Å². The van der Waals surface area contributed by atoms with Crippen LogP contribution < -0.4 is 10.5 Å². The van der Waals surface area contributed by atoms with E-state index in [4.69, 9.17) is 5.73 Å². The number of hydrogen-bond donors (Lipinski definition) is 2. The average molecular weight is 275 g/mol. The second-order valence-electron chi connectivity index (χ2n) is 4.43. The first-order valence-electron chi connectivity index (χ1n) is 5.71. The minimum absolute atomic E-state index is 0.244. The monoisotopic (exact) mass is 275 g/mol. The standard InChI is InChI=1S/C10H17N3O2S2/c1-7-9(16-10(11)13-7)17(14,15)12-6-8-4-2-3-5-8/h8,12H,2-6H2,1H3,(H2,11,13). The summed E-state index contributed by atoms with van der Waals surface area (Å²) in [5, 5.41) is 0.295. The topological polar surface area (TPSA) is 85.1 Å². The third-order valence-electron chi connectivity index (χ3n) is 3.05. The minimum atomic E-state index is -3.43. The van der Waals surface area contributed by atoms with Crippen LogP contribution in [-0.4, -0.2) is 19.9 Å². The largest absolute Gasteiger partial charge is 0.375 e. The van der Waals surface area contributed by atoms with Crippen molar-refractivity contribution in [2.75, 3.05) is 12.3 Å². The van der Waals surface area contributed by atoms with Crippen molar-refractivity contribution in [3.05, 3.63) is 5.69 Å². The number of thiazole rings is 1. The predicted molar refractivity (Wildman–Crippen MR) is 68.4 cm³/mol. The number of aryl methyl sites for hydroxylation is 1. The van der Waals surface area contributed by atoms with Gasteiger partial charge >= 0.3 is 0 Å². The fraction of sp³-hybridized carbons (Fsp3) is 0.700. The Morgan fingerprint density at radius 1 is 1.47 bits per heavy atom. The second-order valence-corrected chi connectivity index (χ2v) is 7.42. The van der Waals surface area contributed by atoms with Gasteiger partial charge in [-0.3, -0.25) is 0 Å². The molecule has 0 radical (unpaired) electrons. The molecule has 96 valence electrons.